The second-order valence-electron chi connectivity index (χ2n) is 5.03. The van der Waals surface area contributed by atoms with Crippen LogP contribution in [0.5, 0.6) is 0 Å². The van der Waals surface area contributed by atoms with E-state index in [1.165, 1.54) is 22.2 Å². The van der Waals surface area contributed by atoms with Crippen molar-refractivity contribution in [3.63, 3.8) is 0 Å². The van der Waals surface area contributed by atoms with Crippen LogP contribution < -0.4 is 5.32 Å². The normalized spacial score (nSPS) is 13.1. The monoisotopic (exact) mass is 263 g/mol. The number of aliphatic hydroxyl groups excluding tert-OH is 2. The number of aliphatic hydroxyl groups is 2. The molecule has 104 valence electrons. The van der Waals surface area contributed by atoms with Gasteiger partial charge in [0.15, 0.2) is 0 Å². The van der Waals surface area contributed by atoms with Crippen LogP contribution in [0.4, 0.5) is 0 Å². The first-order valence-corrected chi connectivity index (χ1v) is 6.80. The highest BCUT2D eigenvalue weighted by Gasteiger charge is 2.14. The van der Waals surface area contributed by atoms with Gasteiger partial charge in [0.2, 0.25) is 0 Å². The Kier molecular flexibility index (Phi) is 4.58. The third-order valence-electron chi connectivity index (χ3n) is 3.71. The quantitative estimate of drug-likeness (QED) is 0.651. The zero-order valence-electron chi connectivity index (χ0n) is 11.6. The molecule has 0 radical (unpaired) electrons. The van der Waals surface area contributed by atoms with E-state index >= 15 is 0 Å². The fourth-order valence-corrected chi connectivity index (χ4v) is 2.53. The molecule has 0 spiro atoms. The number of hydrogen-bond acceptors (Lipinski definition) is 2. The summed E-state index contributed by atoms with van der Waals surface area (Å²) in [5, 5.41) is 22.0. The largest absolute Gasteiger partial charge is 0.391 e. The summed E-state index contributed by atoms with van der Waals surface area (Å²) in [4.78, 5) is 0. The van der Waals surface area contributed by atoms with Crippen LogP contribution in [0, 0.1) is 13.8 Å². The standard InChI is InChI=1S/C15H22N2O2/c1-11-12(2)17(10-13(19)9-16-7-8-18)15-6-4-3-5-14(11)15/h3-6,13,16,18-19H,7-10H2,1-2H3/p+1/t13-/m1/s1. The van der Waals surface area contributed by atoms with Crippen molar-refractivity contribution in [2.45, 2.75) is 26.5 Å². The van der Waals surface area contributed by atoms with Crippen LogP contribution >= 0.6 is 0 Å². The maximum Gasteiger partial charge on any atom is 0.121 e. The van der Waals surface area contributed by atoms with Crippen molar-refractivity contribution in [1.82, 2.24) is 4.57 Å². The van der Waals surface area contributed by atoms with Crippen molar-refractivity contribution in [2.75, 3.05) is 19.7 Å². The molecule has 19 heavy (non-hydrogen) atoms. The van der Waals surface area contributed by atoms with Gasteiger partial charge < -0.3 is 20.1 Å². The van der Waals surface area contributed by atoms with E-state index < -0.39 is 6.10 Å². The highest BCUT2D eigenvalue weighted by molar-refractivity contribution is 5.85. The van der Waals surface area contributed by atoms with Gasteiger partial charge in [0.1, 0.15) is 12.6 Å². The Morgan fingerprint density at radius 2 is 2.00 bits per heavy atom. The molecule has 0 saturated heterocycles. The Morgan fingerprint density at radius 1 is 1.26 bits per heavy atom. The Bertz CT molecular complexity index is 548. The van der Waals surface area contributed by atoms with E-state index in [1.54, 1.807) is 0 Å². The predicted octanol–water partition coefficient (Wildman–Crippen LogP) is 0.175. The summed E-state index contributed by atoms with van der Waals surface area (Å²) < 4.78 is 2.18. The van der Waals surface area contributed by atoms with Crippen LogP contribution in [0.2, 0.25) is 0 Å². The number of benzene rings is 1. The molecule has 2 rings (SSSR count). The number of nitrogens with zero attached hydrogens (tertiary/aromatic N) is 1. The second-order valence-corrected chi connectivity index (χ2v) is 5.03. The van der Waals surface area contributed by atoms with Crippen LogP contribution in [-0.4, -0.2) is 40.6 Å². The number of fused-ring (bicyclic) bond motifs is 1. The minimum Gasteiger partial charge on any atom is -0.391 e. The molecule has 0 fully saturated rings. The molecule has 1 aromatic heterocycles. The minimum atomic E-state index is -0.402. The van der Waals surface area contributed by atoms with Crippen LogP contribution in [-0.2, 0) is 6.54 Å². The van der Waals surface area contributed by atoms with E-state index in [-0.39, 0.29) is 6.61 Å². The van der Waals surface area contributed by atoms with Crippen LogP contribution in [0.15, 0.2) is 24.3 Å². The molecule has 0 saturated carbocycles. The van der Waals surface area contributed by atoms with Gasteiger partial charge in [-0.05, 0) is 25.5 Å². The highest BCUT2D eigenvalue weighted by Crippen LogP contribution is 2.24. The molecule has 0 aliphatic carbocycles. The van der Waals surface area contributed by atoms with E-state index in [1.807, 2.05) is 17.4 Å². The zero-order valence-corrected chi connectivity index (χ0v) is 11.6. The molecule has 0 unspecified atom stereocenters. The molecule has 0 aliphatic heterocycles. The van der Waals surface area contributed by atoms with Gasteiger partial charge in [-0.25, -0.2) is 0 Å². The number of rotatable bonds is 6. The van der Waals surface area contributed by atoms with Crippen molar-refractivity contribution >= 4 is 10.9 Å². The maximum absolute atomic E-state index is 10.1. The van der Waals surface area contributed by atoms with Crippen molar-refractivity contribution in [3.05, 3.63) is 35.5 Å². The Balaban J connectivity index is 2.18. The molecular weight excluding hydrogens is 240 g/mol. The maximum atomic E-state index is 10.1. The Morgan fingerprint density at radius 3 is 2.74 bits per heavy atom. The van der Waals surface area contributed by atoms with Crippen LogP contribution in [0.1, 0.15) is 11.3 Å². The molecule has 1 heterocycles. The van der Waals surface area contributed by atoms with Gasteiger partial charge in [-0.2, -0.15) is 0 Å². The molecule has 0 amide bonds. The first kappa shape index (κ1) is 14.1. The number of nitrogens with two attached hydrogens (primary N) is 1. The second kappa shape index (κ2) is 6.19. The Labute approximate surface area is 113 Å². The smallest absolute Gasteiger partial charge is 0.121 e. The first-order chi connectivity index (χ1) is 9.15. The zero-order chi connectivity index (χ0) is 13.8. The van der Waals surface area contributed by atoms with E-state index in [4.69, 9.17) is 5.11 Å². The van der Waals surface area contributed by atoms with Gasteiger partial charge in [-0.1, -0.05) is 18.2 Å². The average Bonchev–Trinajstić information content (AvgIpc) is 2.65. The molecule has 4 nitrogen and oxygen atoms in total. The third-order valence-corrected chi connectivity index (χ3v) is 3.71. The molecular formula is C15H23N2O2+. The summed E-state index contributed by atoms with van der Waals surface area (Å²) in [5.41, 5.74) is 3.67. The number of hydrogen-bond donors (Lipinski definition) is 3. The summed E-state index contributed by atoms with van der Waals surface area (Å²) in [6.45, 7) is 6.23. The van der Waals surface area contributed by atoms with Gasteiger partial charge in [0.05, 0.1) is 19.7 Å². The fraction of sp³-hybridized carbons (Fsp3) is 0.467. The summed E-state index contributed by atoms with van der Waals surface area (Å²) in [7, 11) is 0. The summed E-state index contributed by atoms with van der Waals surface area (Å²) >= 11 is 0. The van der Waals surface area contributed by atoms with E-state index in [0.29, 0.717) is 19.6 Å². The van der Waals surface area contributed by atoms with Gasteiger partial charge in [0, 0.05) is 16.6 Å². The van der Waals surface area contributed by atoms with E-state index in [9.17, 15) is 5.11 Å². The first-order valence-electron chi connectivity index (χ1n) is 6.80. The van der Waals surface area contributed by atoms with Crippen molar-refractivity contribution in [1.29, 1.82) is 0 Å². The van der Waals surface area contributed by atoms with E-state index in [2.05, 4.69) is 30.5 Å². The molecule has 4 N–H and O–H groups in total. The lowest BCUT2D eigenvalue weighted by atomic mass is 10.2. The summed E-state index contributed by atoms with van der Waals surface area (Å²) in [5.74, 6) is 0. The van der Waals surface area contributed by atoms with Crippen molar-refractivity contribution in [3.8, 4) is 0 Å². The highest BCUT2D eigenvalue weighted by atomic mass is 16.3. The lowest BCUT2D eigenvalue weighted by molar-refractivity contribution is -0.662. The lowest BCUT2D eigenvalue weighted by Crippen LogP contribution is -2.87. The lowest BCUT2D eigenvalue weighted by Gasteiger charge is -2.13. The molecule has 0 aliphatic rings. The minimum absolute atomic E-state index is 0.150. The fourth-order valence-electron chi connectivity index (χ4n) is 2.53. The third kappa shape index (κ3) is 2.97. The molecule has 1 atom stereocenters. The SMILES string of the molecule is Cc1c(C)n(C[C@H](O)C[NH2+]CCO)c2ccccc12. The van der Waals surface area contributed by atoms with Crippen molar-refractivity contribution in [2.24, 2.45) is 0 Å². The molecule has 1 aromatic carbocycles. The van der Waals surface area contributed by atoms with Gasteiger partial charge in [-0.15, -0.1) is 0 Å². The number of aromatic nitrogens is 1. The van der Waals surface area contributed by atoms with Gasteiger partial charge >= 0.3 is 0 Å². The summed E-state index contributed by atoms with van der Waals surface area (Å²) in [6, 6.07) is 8.30. The molecule has 0 bridgehead atoms. The van der Waals surface area contributed by atoms with Gasteiger partial charge in [-0.3, -0.25) is 0 Å². The number of quaternary nitrogens is 1. The molecule has 2 aromatic rings. The van der Waals surface area contributed by atoms with E-state index in [0.717, 1.165) is 0 Å². The Hall–Kier alpha value is -1.36. The summed E-state index contributed by atoms with van der Waals surface area (Å²) in [6.07, 6.45) is -0.402. The predicted molar refractivity (Wildman–Crippen MR) is 76.2 cm³/mol. The molecule has 4 heteroatoms. The average molecular weight is 263 g/mol. The topological polar surface area (TPSA) is 62.0 Å². The van der Waals surface area contributed by atoms with Crippen molar-refractivity contribution < 1.29 is 15.5 Å². The van der Waals surface area contributed by atoms with Crippen LogP contribution in [0.3, 0.4) is 0 Å². The van der Waals surface area contributed by atoms with Crippen LogP contribution in [0.25, 0.3) is 10.9 Å². The number of para-hydroxylation sites is 1. The van der Waals surface area contributed by atoms with Gasteiger partial charge in [0.25, 0.3) is 0 Å². The number of aryl methyl sites for hydroxylation is 1.